The maximum absolute atomic E-state index is 14.1. The third-order valence-electron chi connectivity index (χ3n) is 6.92. The second-order valence-corrected chi connectivity index (χ2v) is 8.61. The van der Waals surface area contributed by atoms with Gasteiger partial charge in [0, 0.05) is 5.56 Å². The summed E-state index contributed by atoms with van der Waals surface area (Å²) in [5.41, 5.74) is -1.89. The molecule has 1 saturated heterocycles. The summed E-state index contributed by atoms with van der Waals surface area (Å²) in [7, 11) is 0. The Morgan fingerprint density at radius 1 is 0.848 bits per heavy atom. The summed E-state index contributed by atoms with van der Waals surface area (Å²) in [4.78, 5) is 41.7. The number of rotatable bonds is 7. The van der Waals surface area contributed by atoms with E-state index in [9.17, 15) is 14.4 Å². The first-order valence-electron chi connectivity index (χ1n) is 11.7. The molecule has 6 nitrogen and oxygen atoms in total. The molecule has 2 atom stereocenters. The molecule has 1 aliphatic carbocycles. The molecule has 1 aliphatic heterocycles. The standard InChI is InChI=1S/C27H30O6/c1-3-31-24(29)27(25(30)32-4-2)21(22(28)19-13-7-5-8-14-19)23(20-15-9-6-10-16-20)33-26(27)17-11-12-18-26/h5-10,13-16,21,23H,3-4,11-12,17-18H2,1-2H3/t21-,23-/m1/s1. The molecule has 0 bridgehead atoms. The maximum Gasteiger partial charge on any atom is 0.327 e. The van der Waals surface area contributed by atoms with Crippen molar-refractivity contribution in [1.82, 2.24) is 0 Å². The van der Waals surface area contributed by atoms with Crippen LogP contribution in [0.1, 0.15) is 61.6 Å². The van der Waals surface area contributed by atoms with Crippen molar-refractivity contribution in [2.24, 2.45) is 11.3 Å². The number of ketones is 1. The highest BCUT2D eigenvalue weighted by atomic mass is 16.6. The van der Waals surface area contributed by atoms with Crippen LogP contribution < -0.4 is 0 Å². The Morgan fingerprint density at radius 2 is 1.36 bits per heavy atom. The lowest BCUT2D eigenvalue weighted by Crippen LogP contribution is -2.60. The lowest BCUT2D eigenvalue weighted by molar-refractivity contribution is -0.188. The molecule has 0 radical (unpaired) electrons. The van der Waals surface area contributed by atoms with Gasteiger partial charge in [0.25, 0.3) is 0 Å². The predicted octanol–water partition coefficient (Wildman–Crippen LogP) is 4.68. The van der Waals surface area contributed by atoms with Gasteiger partial charge < -0.3 is 14.2 Å². The third-order valence-corrected chi connectivity index (χ3v) is 6.92. The largest absolute Gasteiger partial charge is 0.465 e. The molecule has 1 saturated carbocycles. The van der Waals surface area contributed by atoms with Crippen molar-refractivity contribution >= 4 is 17.7 Å². The molecule has 0 unspecified atom stereocenters. The zero-order chi connectivity index (χ0) is 23.5. The minimum Gasteiger partial charge on any atom is -0.465 e. The maximum atomic E-state index is 14.1. The Labute approximate surface area is 194 Å². The summed E-state index contributed by atoms with van der Waals surface area (Å²) in [5, 5.41) is 0. The van der Waals surface area contributed by atoms with Gasteiger partial charge in [0.05, 0.1) is 30.8 Å². The van der Waals surface area contributed by atoms with E-state index in [1.807, 2.05) is 36.4 Å². The van der Waals surface area contributed by atoms with Crippen LogP contribution in [0.3, 0.4) is 0 Å². The zero-order valence-electron chi connectivity index (χ0n) is 19.1. The average molecular weight is 451 g/mol. The van der Waals surface area contributed by atoms with Gasteiger partial charge in [0.15, 0.2) is 5.78 Å². The highest BCUT2D eigenvalue weighted by Crippen LogP contribution is 2.63. The lowest BCUT2D eigenvalue weighted by Gasteiger charge is -2.40. The fraction of sp³-hybridized carbons (Fsp3) is 0.444. The SMILES string of the molecule is CCOC(=O)C1(C(=O)OCC)[C@H](C(=O)c2ccccc2)[C@@H](c2ccccc2)OC12CCCC2. The Balaban J connectivity index is 1.99. The number of Topliss-reactive ketones (excluding diaryl/α,β-unsaturated/α-hetero) is 1. The highest BCUT2D eigenvalue weighted by molar-refractivity contribution is 6.11. The van der Waals surface area contributed by atoms with Crippen LogP contribution in [-0.4, -0.2) is 36.5 Å². The van der Waals surface area contributed by atoms with E-state index in [2.05, 4.69) is 0 Å². The van der Waals surface area contributed by atoms with Crippen molar-refractivity contribution in [3.8, 4) is 0 Å². The van der Waals surface area contributed by atoms with E-state index in [1.165, 1.54) is 0 Å². The third kappa shape index (κ3) is 3.66. The van der Waals surface area contributed by atoms with Crippen molar-refractivity contribution in [2.45, 2.75) is 51.2 Å². The van der Waals surface area contributed by atoms with E-state index >= 15 is 0 Å². The molecule has 1 spiro atoms. The molecular weight excluding hydrogens is 420 g/mol. The first-order valence-corrected chi connectivity index (χ1v) is 11.7. The van der Waals surface area contributed by atoms with E-state index in [1.54, 1.807) is 38.1 Å². The molecule has 33 heavy (non-hydrogen) atoms. The number of carbonyl (C=O) groups is 3. The van der Waals surface area contributed by atoms with Gasteiger partial charge in [-0.3, -0.25) is 14.4 Å². The van der Waals surface area contributed by atoms with E-state index in [0.717, 1.165) is 18.4 Å². The fourth-order valence-electron chi connectivity index (χ4n) is 5.59. The summed E-state index contributed by atoms with van der Waals surface area (Å²) in [6, 6.07) is 18.1. The van der Waals surface area contributed by atoms with E-state index < -0.39 is 35.0 Å². The summed E-state index contributed by atoms with van der Waals surface area (Å²) in [6.07, 6.45) is 1.74. The number of esters is 2. The molecule has 0 N–H and O–H groups in total. The topological polar surface area (TPSA) is 78.9 Å². The molecular formula is C27H30O6. The summed E-state index contributed by atoms with van der Waals surface area (Å²) >= 11 is 0. The molecule has 4 rings (SSSR count). The Kier molecular flexibility index (Phi) is 6.66. The Bertz CT molecular complexity index is 976. The predicted molar refractivity (Wildman–Crippen MR) is 121 cm³/mol. The number of benzene rings is 2. The summed E-state index contributed by atoms with van der Waals surface area (Å²) in [5.74, 6) is -2.91. The van der Waals surface area contributed by atoms with Crippen molar-refractivity contribution < 1.29 is 28.6 Å². The zero-order valence-corrected chi connectivity index (χ0v) is 19.1. The van der Waals surface area contributed by atoms with Crippen LogP contribution in [0.15, 0.2) is 60.7 Å². The second-order valence-electron chi connectivity index (χ2n) is 8.61. The first kappa shape index (κ1) is 23.2. The van der Waals surface area contributed by atoms with Crippen molar-refractivity contribution in [2.75, 3.05) is 13.2 Å². The van der Waals surface area contributed by atoms with Crippen LogP contribution in [0, 0.1) is 11.3 Å². The first-order chi connectivity index (χ1) is 16.0. The molecule has 2 fully saturated rings. The molecule has 6 heteroatoms. The Morgan fingerprint density at radius 3 is 1.88 bits per heavy atom. The molecule has 174 valence electrons. The Hall–Kier alpha value is -2.99. The highest BCUT2D eigenvalue weighted by Gasteiger charge is 2.77. The van der Waals surface area contributed by atoms with Crippen LogP contribution in [0.4, 0.5) is 0 Å². The van der Waals surface area contributed by atoms with E-state index in [-0.39, 0.29) is 19.0 Å². The van der Waals surface area contributed by atoms with Gasteiger partial charge in [-0.15, -0.1) is 0 Å². The smallest absolute Gasteiger partial charge is 0.327 e. The number of carbonyl (C=O) groups excluding carboxylic acids is 3. The molecule has 1 heterocycles. The van der Waals surface area contributed by atoms with Gasteiger partial charge in [-0.2, -0.15) is 0 Å². The molecule has 0 aromatic heterocycles. The number of ether oxygens (including phenoxy) is 3. The van der Waals surface area contributed by atoms with E-state index in [4.69, 9.17) is 14.2 Å². The minimum atomic E-state index is -1.89. The second kappa shape index (κ2) is 9.48. The van der Waals surface area contributed by atoms with Crippen LogP contribution in [-0.2, 0) is 23.8 Å². The van der Waals surface area contributed by atoms with Crippen molar-refractivity contribution in [3.05, 3.63) is 71.8 Å². The minimum absolute atomic E-state index is 0.0817. The fourth-order valence-corrected chi connectivity index (χ4v) is 5.59. The average Bonchev–Trinajstić information content (AvgIpc) is 3.43. The van der Waals surface area contributed by atoms with Crippen LogP contribution >= 0.6 is 0 Å². The molecule has 0 amide bonds. The molecule has 2 aliphatic rings. The van der Waals surface area contributed by atoms with Gasteiger partial charge in [-0.25, -0.2) is 0 Å². The molecule has 2 aromatic rings. The van der Waals surface area contributed by atoms with E-state index in [0.29, 0.717) is 18.4 Å². The van der Waals surface area contributed by atoms with Crippen LogP contribution in [0.5, 0.6) is 0 Å². The lowest BCUT2D eigenvalue weighted by atomic mass is 9.61. The van der Waals surface area contributed by atoms with Crippen LogP contribution in [0.2, 0.25) is 0 Å². The van der Waals surface area contributed by atoms with Gasteiger partial charge >= 0.3 is 11.9 Å². The van der Waals surface area contributed by atoms with Crippen molar-refractivity contribution in [1.29, 1.82) is 0 Å². The summed E-state index contributed by atoms with van der Waals surface area (Å²) in [6.45, 7) is 3.55. The summed E-state index contributed by atoms with van der Waals surface area (Å²) < 4.78 is 17.7. The van der Waals surface area contributed by atoms with Crippen LogP contribution in [0.25, 0.3) is 0 Å². The van der Waals surface area contributed by atoms with Crippen molar-refractivity contribution in [3.63, 3.8) is 0 Å². The van der Waals surface area contributed by atoms with Gasteiger partial charge in [0.1, 0.15) is 0 Å². The number of hydrogen-bond acceptors (Lipinski definition) is 6. The van der Waals surface area contributed by atoms with Gasteiger partial charge in [-0.1, -0.05) is 73.5 Å². The monoisotopic (exact) mass is 450 g/mol. The van der Waals surface area contributed by atoms with Gasteiger partial charge in [0.2, 0.25) is 5.41 Å². The number of hydrogen-bond donors (Lipinski definition) is 0. The normalized spacial score (nSPS) is 22.7. The quantitative estimate of drug-likeness (QED) is 0.346. The van der Waals surface area contributed by atoms with Gasteiger partial charge in [-0.05, 0) is 32.3 Å². The molecule has 2 aromatic carbocycles.